The average Bonchev–Trinajstić information content (AvgIpc) is 2.42. The normalized spacial score (nSPS) is 10.2. The van der Waals surface area contributed by atoms with E-state index in [4.69, 9.17) is 0 Å². The summed E-state index contributed by atoms with van der Waals surface area (Å²) in [6.07, 6.45) is 0. The van der Waals surface area contributed by atoms with Gasteiger partial charge in [-0.15, -0.1) is 0 Å². The molecule has 0 fully saturated rings. The van der Waals surface area contributed by atoms with Crippen molar-refractivity contribution < 1.29 is 9.72 Å². The maximum atomic E-state index is 11.2. The molecule has 0 saturated carbocycles. The van der Waals surface area contributed by atoms with Gasteiger partial charge in [-0.2, -0.15) is 0 Å². The van der Waals surface area contributed by atoms with E-state index in [2.05, 4.69) is 5.32 Å². The largest absolute Gasteiger partial charge is 0.325 e. The molecule has 1 amide bonds. The maximum absolute atomic E-state index is 11.2. The molecule has 0 heterocycles. The Labute approximate surface area is 126 Å². The molecule has 5 nitrogen and oxygen atoms in total. The molecule has 108 valence electrons. The standard InChI is InChI=1S/C15H14N2O3S/c1-10-3-6-13(7-4-10)21-15-9-12(17(19)20)5-8-14(15)16-11(2)18/h3-9H,1-2H3,(H,16,18). The van der Waals surface area contributed by atoms with E-state index in [0.29, 0.717) is 10.6 Å². The van der Waals surface area contributed by atoms with Gasteiger partial charge in [-0.3, -0.25) is 14.9 Å². The Kier molecular flexibility index (Phi) is 4.59. The third-order valence-corrected chi connectivity index (χ3v) is 3.80. The van der Waals surface area contributed by atoms with Gasteiger partial charge in [0.25, 0.3) is 5.69 Å². The van der Waals surface area contributed by atoms with Gasteiger partial charge in [0.05, 0.1) is 10.6 Å². The molecule has 0 atom stereocenters. The Morgan fingerprint density at radius 2 is 1.86 bits per heavy atom. The molecule has 0 saturated heterocycles. The third kappa shape index (κ3) is 4.06. The van der Waals surface area contributed by atoms with E-state index >= 15 is 0 Å². The lowest BCUT2D eigenvalue weighted by Crippen LogP contribution is -2.06. The van der Waals surface area contributed by atoms with Gasteiger partial charge in [0.15, 0.2) is 0 Å². The highest BCUT2D eigenvalue weighted by Crippen LogP contribution is 2.36. The Bertz CT molecular complexity index is 684. The molecule has 21 heavy (non-hydrogen) atoms. The quantitative estimate of drug-likeness (QED) is 0.684. The molecule has 0 unspecified atom stereocenters. The molecule has 0 aliphatic rings. The van der Waals surface area contributed by atoms with E-state index in [0.717, 1.165) is 10.5 Å². The van der Waals surface area contributed by atoms with Gasteiger partial charge in [0.2, 0.25) is 5.91 Å². The number of nitro groups is 1. The molecule has 0 spiro atoms. The summed E-state index contributed by atoms with van der Waals surface area (Å²) in [6, 6.07) is 12.2. The van der Waals surface area contributed by atoms with Gasteiger partial charge in [-0.05, 0) is 25.1 Å². The highest BCUT2D eigenvalue weighted by molar-refractivity contribution is 7.99. The molecule has 2 rings (SSSR count). The van der Waals surface area contributed by atoms with Gasteiger partial charge in [0.1, 0.15) is 0 Å². The fourth-order valence-corrected chi connectivity index (χ4v) is 2.67. The van der Waals surface area contributed by atoms with Crippen molar-refractivity contribution in [2.45, 2.75) is 23.6 Å². The summed E-state index contributed by atoms with van der Waals surface area (Å²) >= 11 is 1.38. The van der Waals surface area contributed by atoms with Crippen molar-refractivity contribution in [2.24, 2.45) is 0 Å². The van der Waals surface area contributed by atoms with Crippen LogP contribution in [0.15, 0.2) is 52.3 Å². The molecule has 2 aromatic rings. The van der Waals surface area contributed by atoms with Crippen molar-refractivity contribution in [3.63, 3.8) is 0 Å². The highest BCUT2D eigenvalue weighted by Gasteiger charge is 2.13. The number of carbonyl (C=O) groups excluding carboxylic acids is 1. The molecule has 0 aliphatic carbocycles. The van der Waals surface area contributed by atoms with Crippen LogP contribution in [0.3, 0.4) is 0 Å². The molecule has 2 aromatic carbocycles. The van der Waals surface area contributed by atoms with Gasteiger partial charge in [-0.25, -0.2) is 0 Å². The number of benzene rings is 2. The van der Waals surface area contributed by atoms with Crippen LogP contribution in [0.25, 0.3) is 0 Å². The first-order valence-corrected chi connectivity index (χ1v) is 7.08. The van der Waals surface area contributed by atoms with Gasteiger partial charge < -0.3 is 5.32 Å². The number of carbonyl (C=O) groups is 1. The minimum Gasteiger partial charge on any atom is -0.325 e. The van der Waals surface area contributed by atoms with Crippen LogP contribution in [0.2, 0.25) is 0 Å². The molecule has 0 bridgehead atoms. The Hall–Kier alpha value is -2.34. The monoisotopic (exact) mass is 302 g/mol. The van der Waals surface area contributed by atoms with Crippen molar-refractivity contribution in [2.75, 3.05) is 5.32 Å². The fraction of sp³-hybridized carbons (Fsp3) is 0.133. The van der Waals surface area contributed by atoms with E-state index < -0.39 is 4.92 Å². The predicted molar refractivity (Wildman–Crippen MR) is 82.7 cm³/mol. The van der Waals surface area contributed by atoms with E-state index in [1.54, 1.807) is 6.07 Å². The SMILES string of the molecule is CC(=O)Nc1ccc([N+](=O)[O-])cc1Sc1ccc(C)cc1. The minimum atomic E-state index is -0.448. The number of anilines is 1. The predicted octanol–water partition coefficient (Wildman–Crippen LogP) is 4.01. The summed E-state index contributed by atoms with van der Waals surface area (Å²) in [4.78, 5) is 23.3. The van der Waals surface area contributed by atoms with Crippen molar-refractivity contribution >= 4 is 29.0 Å². The van der Waals surface area contributed by atoms with E-state index in [1.165, 1.54) is 30.8 Å². The van der Waals surface area contributed by atoms with Crippen LogP contribution in [0, 0.1) is 17.0 Å². The summed E-state index contributed by atoms with van der Waals surface area (Å²) in [5.41, 5.74) is 1.71. The first kappa shape index (κ1) is 15.1. The number of hydrogen-bond acceptors (Lipinski definition) is 4. The van der Waals surface area contributed by atoms with Crippen LogP contribution >= 0.6 is 11.8 Å². The van der Waals surface area contributed by atoms with Crippen LogP contribution in [-0.4, -0.2) is 10.8 Å². The second-order valence-corrected chi connectivity index (χ2v) is 5.65. The minimum absolute atomic E-state index is 0.00119. The fourth-order valence-electron chi connectivity index (χ4n) is 1.74. The number of amides is 1. The summed E-state index contributed by atoms with van der Waals surface area (Å²) < 4.78 is 0. The number of nitrogens with zero attached hydrogens (tertiary/aromatic N) is 1. The highest BCUT2D eigenvalue weighted by atomic mass is 32.2. The van der Waals surface area contributed by atoms with E-state index in [-0.39, 0.29) is 11.6 Å². The lowest BCUT2D eigenvalue weighted by atomic mass is 10.2. The van der Waals surface area contributed by atoms with E-state index in [9.17, 15) is 14.9 Å². The van der Waals surface area contributed by atoms with E-state index in [1.807, 2.05) is 31.2 Å². The Balaban J connectivity index is 2.37. The van der Waals surface area contributed by atoms with Crippen LogP contribution < -0.4 is 5.32 Å². The Morgan fingerprint density at radius 3 is 2.43 bits per heavy atom. The summed E-state index contributed by atoms with van der Waals surface area (Å²) in [6.45, 7) is 3.40. The molecule has 1 N–H and O–H groups in total. The summed E-state index contributed by atoms with van der Waals surface area (Å²) in [5, 5.41) is 13.6. The topological polar surface area (TPSA) is 72.2 Å². The first-order valence-electron chi connectivity index (χ1n) is 6.26. The number of non-ortho nitro benzene ring substituents is 1. The van der Waals surface area contributed by atoms with Crippen molar-refractivity contribution in [1.29, 1.82) is 0 Å². The molecular weight excluding hydrogens is 288 g/mol. The number of hydrogen-bond donors (Lipinski definition) is 1. The van der Waals surface area contributed by atoms with Crippen LogP contribution in [-0.2, 0) is 4.79 Å². The lowest BCUT2D eigenvalue weighted by molar-refractivity contribution is -0.385. The molecular formula is C15H14N2O3S. The number of aryl methyl sites for hydroxylation is 1. The van der Waals surface area contributed by atoms with Gasteiger partial charge >= 0.3 is 0 Å². The summed E-state index contributed by atoms with van der Waals surface area (Å²) in [5.74, 6) is -0.213. The van der Waals surface area contributed by atoms with Crippen LogP contribution in [0.5, 0.6) is 0 Å². The third-order valence-electron chi connectivity index (χ3n) is 2.74. The number of nitro benzene ring substituents is 1. The number of nitrogens with one attached hydrogen (secondary N) is 1. The second kappa shape index (κ2) is 6.41. The molecule has 0 aliphatic heterocycles. The lowest BCUT2D eigenvalue weighted by Gasteiger charge is -2.09. The van der Waals surface area contributed by atoms with Crippen molar-refractivity contribution in [3.05, 3.63) is 58.1 Å². The zero-order valence-corrected chi connectivity index (χ0v) is 12.4. The first-order chi connectivity index (χ1) is 9.95. The smallest absolute Gasteiger partial charge is 0.270 e. The Morgan fingerprint density at radius 1 is 1.19 bits per heavy atom. The van der Waals surface area contributed by atoms with Crippen molar-refractivity contribution in [1.82, 2.24) is 0 Å². The van der Waals surface area contributed by atoms with Crippen LogP contribution in [0.4, 0.5) is 11.4 Å². The number of rotatable bonds is 4. The molecule has 0 radical (unpaired) electrons. The average molecular weight is 302 g/mol. The molecule has 6 heteroatoms. The summed E-state index contributed by atoms with van der Waals surface area (Å²) in [7, 11) is 0. The second-order valence-electron chi connectivity index (χ2n) is 4.53. The van der Waals surface area contributed by atoms with Crippen molar-refractivity contribution in [3.8, 4) is 0 Å². The molecule has 0 aromatic heterocycles. The van der Waals surface area contributed by atoms with Gasteiger partial charge in [-0.1, -0.05) is 29.5 Å². The van der Waals surface area contributed by atoms with Crippen LogP contribution in [0.1, 0.15) is 12.5 Å². The maximum Gasteiger partial charge on any atom is 0.270 e. The zero-order chi connectivity index (χ0) is 15.4. The van der Waals surface area contributed by atoms with Gasteiger partial charge in [0, 0.05) is 28.8 Å². The zero-order valence-electron chi connectivity index (χ0n) is 11.6.